The van der Waals surface area contributed by atoms with E-state index in [-0.39, 0.29) is 11.3 Å². The smallest absolute Gasteiger partial charge is 0.339 e. The molecule has 6 nitrogen and oxygen atoms in total. The molecule has 0 spiro atoms. The van der Waals surface area contributed by atoms with Crippen LogP contribution in [0.15, 0.2) is 30.3 Å². The van der Waals surface area contributed by atoms with E-state index < -0.39 is 5.97 Å². The van der Waals surface area contributed by atoms with Gasteiger partial charge in [-0.2, -0.15) is 0 Å². The molecule has 3 rings (SSSR count). The number of halogens is 2. The predicted octanol–water partition coefficient (Wildman–Crippen LogP) is 4.32. The monoisotopic (exact) mass is 351 g/mol. The number of hydrogen-bond donors (Lipinski definition) is 3. The second kappa shape index (κ2) is 5.98. The molecule has 23 heavy (non-hydrogen) atoms. The van der Waals surface area contributed by atoms with Gasteiger partial charge < -0.3 is 20.1 Å². The molecule has 0 bridgehead atoms. The van der Waals surface area contributed by atoms with E-state index in [0.29, 0.717) is 32.7 Å². The van der Waals surface area contributed by atoms with Crippen molar-refractivity contribution in [2.45, 2.75) is 0 Å². The molecule has 0 aliphatic rings. The molecule has 0 atom stereocenters. The van der Waals surface area contributed by atoms with Crippen LogP contribution in [0.4, 0.5) is 11.6 Å². The van der Waals surface area contributed by atoms with Crippen LogP contribution in [-0.4, -0.2) is 28.2 Å². The molecular formula is C15H11Cl2N3O3. The number of nitrogens with one attached hydrogen (secondary N) is 2. The summed E-state index contributed by atoms with van der Waals surface area (Å²) in [6.45, 7) is 0. The Kier molecular flexibility index (Phi) is 4.02. The third-order valence-corrected chi connectivity index (χ3v) is 3.87. The molecule has 0 saturated carbocycles. The van der Waals surface area contributed by atoms with E-state index in [9.17, 15) is 9.90 Å². The van der Waals surface area contributed by atoms with Crippen LogP contribution >= 0.6 is 23.2 Å². The van der Waals surface area contributed by atoms with Crippen molar-refractivity contribution in [2.75, 3.05) is 12.4 Å². The minimum absolute atomic E-state index is 0.0359. The quantitative estimate of drug-likeness (QED) is 0.651. The number of ether oxygens (including phenoxy) is 1. The van der Waals surface area contributed by atoms with Gasteiger partial charge in [0.05, 0.1) is 33.9 Å². The molecular weight excluding hydrogens is 341 g/mol. The zero-order valence-electron chi connectivity index (χ0n) is 11.9. The molecule has 0 amide bonds. The Morgan fingerprint density at radius 2 is 2.00 bits per heavy atom. The Bertz CT molecular complexity index is 888. The maximum absolute atomic E-state index is 11.2. The van der Waals surface area contributed by atoms with Crippen LogP contribution in [0.25, 0.3) is 11.0 Å². The summed E-state index contributed by atoms with van der Waals surface area (Å²) in [5.74, 6) is -0.453. The minimum atomic E-state index is -1.09. The van der Waals surface area contributed by atoms with Crippen LogP contribution in [0.3, 0.4) is 0 Å². The second-order valence-electron chi connectivity index (χ2n) is 4.68. The van der Waals surface area contributed by atoms with Crippen molar-refractivity contribution < 1.29 is 14.6 Å². The summed E-state index contributed by atoms with van der Waals surface area (Å²) in [7, 11) is 1.41. The number of carboxylic acid groups (broad SMARTS) is 1. The Morgan fingerprint density at radius 3 is 2.61 bits per heavy atom. The van der Waals surface area contributed by atoms with Gasteiger partial charge in [0.2, 0.25) is 5.95 Å². The molecule has 0 aliphatic carbocycles. The summed E-state index contributed by atoms with van der Waals surface area (Å²) < 4.78 is 5.09. The lowest BCUT2D eigenvalue weighted by molar-refractivity contribution is 0.0693. The molecule has 0 aliphatic heterocycles. The molecule has 3 aromatic rings. The Labute approximate surface area is 141 Å². The number of anilines is 2. The van der Waals surface area contributed by atoms with Crippen LogP contribution < -0.4 is 10.1 Å². The first kappa shape index (κ1) is 15.5. The number of carbonyl (C=O) groups is 1. The SMILES string of the molecule is COc1cc2[nH]c(Nc3c(Cl)cccc3Cl)nc2cc1C(=O)O. The lowest BCUT2D eigenvalue weighted by Crippen LogP contribution is -2.00. The van der Waals surface area contributed by atoms with Gasteiger partial charge in [-0.3, -0.25) is 0 Å². The van der Waals surface area contributed by atoms with Crippen molar-refractivity contribution in [2.24, 2.45) is 0 Å². The normalized spacial score (nSPS) is 10.7. The van der Waals surface area contributed by atoms with Crippen molar-refractivity contribution in [3.05, 3.63) is 45.9 Å². The first-order valence-electron chi connectivity index (χ1n) is 6.51. The van der Waals surface area contributed by atoms with Crippen molar-refractivity contribution >= 4 is 51.8 Å². The van der Waals surface area contributed by atoms with E-state index in [0.717, 1.165) is 0 Å². The average Bonchev–Trinajstić information content (AvgIpc) is 2.91. The number of para-hydroxylation sites is 1. The molecule has 2 aromatic carbocycles. The first-order valence-corrected chi connectivity index (χ1v) is 7.27. The van der Waals surface area contributed by atoms with Gasteiger partial charge >= 0.3 is 5.97 Å². The number of hydrogen-bond acceptors (Lipinski definition) is 4. The minimum Gasteiger partial charge on any atom is -0.496 e. The van der Waals surface area contributed by atoms with Gasteiger partial charge in [-0.25, -0.2) is 9.78 Å². The maximum Gasteiger partial charge on any atom is 0.339 e. The number of aromatic nitrogens is 2. The highest BCUT2D eigenvalue weighted by atomic mass is 35.5. The third kappa shape index (κ3) is 2.91. The third-order valence-electron chi connectivity index (χ3n) is 3.24. The fourth-order valence-corrected chi connectivity index (χ4v) is 2.66. The fraction of sp³-hybridized carbons (Fsp3) is 0.0667. The first-order chi connectivity index (χ1) is 11.0. The number of imidazole rings is 1. The Morgan fingerprint density at radius 1 is 1.30 bits per heavy atom. The van der Waals surface area contributed by atoms with Crippen LogP contribution in [0.2, 0.25) is 10.0 Å². The highest BCUT2D eigenvalue weighted by Gasteiger charge is 2.15. The molecule has 1 aromatic heterocycles. The summed E-state index contributed by atoms with van der Waals surface area (Å²) in [4.78, 5) is 18.6. The zero-order valence-corrected chi connectivity index (χ0v) is 13.4. The van der Waals surface area contributed by atoms with Gasteiger partial charge in [0, 0.05) is 6.07 Å². The van der Waals surface area contributed by atoms with Crippen LogP contribution in [0, 0.1) is 0 Å². The molecule has 0 fully saturated rings. The Balaban J connectivity index is 2.05. The fourth-order valence-electron chi connectivity index (χ4n) is 2.17. The number of fused-ring (bicyclic) bond motifs is 1. The van der Waals surface area contributed by atoms with Crippen molar-refractivity contribution in [3.8, 4) is 5.75 Å². The van der Waals surface area contributed by atoms with Crippen molar-refractivity contribution in [3.63, 3.8) is 0 Å². The summed E-state index contributed by atoms with van der Waals surface area (Å²) in [5.41, 5.74) is 1.65. The number of carboxylic acids is 1. The molecule has 0 unspecified atom stereocenters. The van der Waals surface area contributed by atoms with E-state index in [4.69, 9.17) is 27.9 Å². The highest BCUT2D eigenvalue weighted by Crippen LogP contribution is 2.33. The lowest BCUT2D eigenvalue weighted by Gasteiger charge is -2.06. The van der Waals surface area contributed by atoms with Crippen molar-refractivity contribution in [1.29, 1.82) is 0 Å². The van der Waals surface area contributed by atoms with E-state index in [1.165, 1.54) is 13.2 Å². The number of benzene rings is 2. The summed E-state index contributed by atoms with van der Waals surface area (Å²) >= 11 is 12.2. The Hall–Kier alpha value is -2.44. The van der Waals surface area contributed by atoms with Gasteiger partial charge in [0.1, 0.15) is 11.3 Å². The largest absolute Gasteiger partial charge is 0.496 e. The number of methoxy groups -OCH3 is 1. The number of rotatable bonds is 4. The van der Waals surface area contributed by atoms with Gasteiger partial charge in [-0.1, -0.05) is 29.3 Å². The predicted molar refractivity (Wildman–Crippen MR) is 89.3 cm³/mol. The zero-order chi connectivity index (χ0) is 16.6. The summed E-state index contributed by atoms with van der Waals surface area (Å²) in [5, 5.41) is 13.1. The van der Waals surface area contributed by atoms with Gasteiger partial charge in [0.15, 0.2) is 0 Å². The van der Waals surface area contributed by atoms with E-state index >= 15 is 0 Å². The van der Waals surface area contributed by atoms with Crippen molar-refractivity contribution in [1.82, 2.24) is 9.97 Å². The topological polar surface area (TPSA) is 87.2 Å². The number of aromatic amines is 1. The number of H-pyrrole nitrogens is 1. The van der Waals surface area contributed by atoms with Crippen LogP contribution in [0.5, 0.6) is 5.75 Å². The lowest BCUT2D eigenvalue weighted by atomic mass is 10.2. The molecule has 1 heterocycles. The van der Waals surface area contributed by atoms with Gasteiger partial charge in [-0.05, 0) is 18.2 Å². The second-order valence-corrected chi connectivity index (χ2v) is 5.50. The molecule has 3 N–H and O–H groups in total. The van der Waals surface area contributed by atoms with E-state index in [1.54, 1.807) is 24.3 Å². The van der Waals surface area contributed by atoms with E-state index in [2.05, 4.69) is 15.3 Å². The highest BCUT2D eigenvalue weighted by molar-refractivity contribution is 6.39. The summed E-state index contributed by atoms with van der Waals surface area (Å²) in [6.07, 6.45) is 0. The van der Waals surface area contributed by atoms with E-state index in [1.807, 2.05) is 0 Å². The molecule has 8 heteroatoms. The van der Waals surface area contributed by atoms with Gasteiger partial charge in [-0.15, -0.1) is 0 Å². The van der Waals surface area contributed by atoms with Crippen LogP contribution in [-0.2, 0) is 0 Å². The van der Waals surface area contributed by atoms with Gasteiger partial charge in [0.25, 0.3) is 0 Å². The number of aromatic carboxylic acids is 1. The standard InChI is InChI=1S/C15H11Cl2N3O3/c1-23-12-6-11-10(5-7(12)14(21)22)18-15(19-11)20-13-8(16)3-2-4-9(13)17/h2-6H,1H3,(H,21,22)(H2,18,19,20). The average molecular weight is 352 g/mol. The van der Waals surface area contributed by atoms with Crippen LogP contribution in [0.1, 0.15) is 10.4 Å². The molecule has 118 valence electrons. The summed E-state index contributed by atoms with van der Waals surface area (Å²) in [6, 6.07) is 8.14. The number of nitrogens with zero attached hydrogens (tertiary/aromatic N) is 1. The molecule has 0 radical (unpaired) electrons. The molecule has 0 saturated heterocycles. The maximum atomic E-state index is 11.2.